The van der Waals surface area contributed by atoms with Gasteiger partial charge < -0.3 is 9.73 Å². The van der Waals surface area contributed by atoms with Crippen molar-refractivity contribution in [1.82, 2.24) is 5.32 Å². The van der Waals surface area contributed by atoms with Crippen molar-refractivity contribution in [2.24, 2.45) is 5.92 Å². The summed E-state index contributed by atoms with van der Waals surface area (Å²) in [5, 5.41) is 4.01. The first-order chi connectivity index (χ1) is 9.15. The van der Waals surface area contributed by atoms with Crippen LogP contribution in [-0.4, -0.2) is 12.5 Å². The largest absolute Gasteiger partial charge is 0.451 e. The van der Waals surface area contributed by atoms with Gasteiger partial charge in [0.2, 0.25) is 0 Å². The number of fused-ring (bicyclic) bond motifs is 1. The van der Waals surface area contributed by atoms with Gasteiger partial charge in [0.05, 0.1) is 0 Å². The summed E-state index contributed by atoms with van der Waals surface area (Å²) in [6, 6.07) is 6.04. The number of rotatable bonds is 3. The zero-order valence-corrected chi connectivity index (χ0v) is 11.5. The zero-order valence-electron chi connectivity index (χ0n) is 11.5. The third-order valence-electron chi connectivity index (χ3n) is 4.08. The molecule has 0 aliphatic heterocycles. The van der Waals surface area contributed by atoms with Crippen molar-refractivity contribution in [2.75, 3.05) is 6.54 Å². The van der Waals surface area contributed by atoms with Crippen LogP contribution in [-0.2, 0) is 0 Å². The van der Waals surface area contributed by atoms with Gasteiger partial charge in [-0.05, 0) is 44.2 Å². The van der Waals surface area contributed by atoms with E-state index in [1.165, 1.54) is 19.3 Å². The van der Waals surface area contributed by atoms with Crippen molar-refractivity contribution in [3.63, 3.8) is 0 Å². The van der Waals surface area contributed by atoms with Gasteiger partial charge in [0.1, 0.15) is 5.58 Å². The molecule has 1 aliphatic carbocycles. The van der Waals surface area contributed by atoms with E-state index in [1.807, 2.05) is 32.0 Å². The molecule has 3 heteroatoms. The Kier molecular flexibility index (Phi) is 3.05. The van der Waals surface area contributed by atoms with Gasteiger partial charge in [-0.15, -0.1) is 0 Å². The van der Waals surface area contributed by atoms with E-state index >= 15 is 0 Å². The van der Waals surface area contributed by atoms with E-state index < -0.39 is 0 Å². The fourth-order valence-corrected chi connectivity index (χ4v) is 2.56. The minimum atomic E-state index is -0.0850. The van der Waals surface area contributed by atoms with E-state index in [0.717, 1.165) is 28.6 Å². The summed E-state index contributed by atoms with van der Waals surface area (Å²) in [4.78, 5) is 12.2. The number of carbonyl (C=O) groups is 1. The average Bonchev–Trinajstić information content (AvgIpc) is 2.64. The van der Waals surface area contributed by atoms with Crippen molar-refractivity contribution < 1.29 is 9.21 Å². The van der Waals surface area contributed by atoms with Gasteiger partial charge in [0.15, 0.2) is 5.76 Å². The monoisotopic (exact) mass is 257 g/mol. The summed E-state index contributed by atoms with van der Waals surface area (Å²) >= 11 is 0. The van der Waals surface area contributed by atoms with Crippen LogP contribution in [0.5, 0.6) is 0 Å². The maximum absolute atomic E-state index is 12.2. The first-order valence-electron chi connectivity index (χ1n) is 6.93. The van der Waals surface area contributed by atoms with Crippen LogP contribution in [0.25, 0.3) is 11.0 Å². The molecular formula is C16H19NO2. The predicted molar refractivity (Wildman–Crippen MR) is 75.4 cm³/mol. The van der Waals surface area contributed by atoms with Crippen molar-refractivity contribution in [3.8, 4) is 0 Å². The quantitative estimate of drug-likeness (QED) is 0.913. The van der Waals surface area contributed by atoms with Gasteiger partial charge in [0, 0.05) is 17.5 Å². The Bertz CT molecular complexity index is 623. The average molecular weight is 257 g/mol. The molecule has 3 nitrogen and oxygen atoms in total. The second-order valence-electron chi connectivity index (χ2n) is 5.56. The molecule has 0 bridgehead atoms. The number of carbonyl (C=O) groups excluding carboxylic acids is 1. The summed E-state index contributed by atoms with van der Waals surface area (Å²) in [6.07, 6.45) is 3.76. The second-order valence-corrected chi connectivity index (χ2v) is 5.56. The first kappa shape index (κ1) is 12.3. The van der Waals surface area contributed by atoms with E-state index in [1.54, 1.807) is 0 Å². The van der Waals surface area contributed by atoms with Crippen LogP contribution in [0.15, 0.2) is 22.6 Å². The van der Waals surface area contributed by atoms with Crippen LogP contribution in [0, 0.1) is 19.8 Å². The molecule has 1 saturated carbocycles. The van der Waals surface area contributed by atoms with Crippen molar-refractivity contribution in [3.05, 3.63) is 35.1 Å². The van der Waals surface area contributed by atoms with E-state index in [0.29, 0.717) is 11.7 Å². The molecule has 1 heterocycles. The van der Waals surface area contributed by atoms with E-state index in [4.69, 9.17) is 4.42 Å². The minimum absolute atomic E-state index is 0.0850. The lowest BCUT2D eigenvalue weighted by Crippen LogP contribution is -2.32. The normalized spacial score (nSPS) is 15.5. The molecule has 1 amide bonds. The van der Waals surface area contributed by atoms with Crippen molar-refractivity contribution in [1.29, 1.82) is 0 Å². The van der Waals surface area contributed by atoms with Gasteiger partial charge in [-0.2, -0.15) is 0 Å². The predicted octanol–water partition coefficient (Wildman–Crippen LogP) is 3.58. The van der Waals surface area contributed by atoms with Crippen LogP contribution in [0.3, 0.4) is 0 Å². The molecule has 1 N–H and O–H groups in total. The van der Waals surface area contributed by atoms with Gasteiger partial charge in [-0.1, -0.05) is 18.6 Å². The Morgan fingerprint density at radius 3 is 2.84 bits per heavy atom. The standard InChI is InChI=1S/C16H19NO2/c1-10-6-7-13-11(2)15(19-14(13)8-10)16(18)17-9-12-4-3-5-12/h6-8,12H,3-5,9H2,1-2H3,(H,17,18). The summed E-state index contributed by atoms with van der Waals surface area (Å²) in [5.41, 5.74) is 2.87. The summed E-state index contributed by atoms with van der Waals surface area (Å²) < 4.78 is 5.71. The maximum Gasteiger partial charge on any atom is 0.287 e. The lowest BCUT2D eigenvalue weighted by Gasteiger charge is -2.25. The molecule has 3 rings (SSSR count). The lowest BCUT2D eigenvalue weighted by molar-refractivity contribution is 0.0912. The van der Waals surface area contributed by atoms with E-state index in [9.17, 15) is 4.79 Å². The number of amides is 1. The molecule has 0 saturated heterocycles. The summed E-state index contributed by atoms with van der Waals surface area (Å²) in [7, 11) is 0. The molecular weight excluding hydrogens is 238 g/mol. The zero-order chi connectivity index (χ0) is 13.4. The fourth-order valence-electron chi connectivity index (χ4n) is 2.56. The van der Waals surface area contributed by atoms with Crippen molar-refractivity contribution >= 4 is 16.9 Å². The smallest absolute Gasteiger partial charge is 0.287 e. The summed E-state index contributed by atoms with van der Waals surface area (Å²) in [5.74, 6) is 1.04. The van der Waals surface area contributed by atoms with Gasteiger partial charge >= 0.3 is 0 Å². The van der Waals surface area contributed by atoms with Gasteiger partial charge in [-0.3, -0.25) is 4.79 Å². The first-order valence-corrected chi connectivity index (χ1v) is 6.93. The van der Waals surface area contributed by atoms with Crippen LogP contribution >= 0.6 is 0 Å². The molecule has 0 atom stereocenters. The topological polar surface area (TPSA) is 42.2 Å². The van der Waals surface area contributed by atoms with Crippen LogP contribution in [0.2, 0.25) is 0 Å². The number of hydrogen-bond donors (Lipinski definition) is 1. The Hall–Kier alpha value is -1.77. The molecule has 1 aliphatic rings. The third kappa shape index (κ3) is 2.25. The number of nitrogens with one attached hydrogen (secondary N) is 1. The third-order valence-corrected chi connectivity index (χ3v) is 4.08. The Morgan fingerprint density at radius 1 is 1.37 bits per heavy atom. The molecule has 1 fully saturated rings. The molecule has 0 spiro atoms. The molecule has 0 radical (unpaired) electrons. The highest BCUT2D eigenvalue weighted by Gasteiger charge is 2.21. The van der Waals surface area contributed by atoms with Gasteiger partial charge in [-0.25, -0.2) is 0 Å². The van der Waals surface area contributed by atoms with E-state index in [-0.39, 0.29) is 5.91 Å². The number of furan rings is 1. The van der Waals surface area contributed by atoms with Crippen LogP contribution < -0.4 is 5.32 Å². The van der Waals surface area contributed by atoms with E-state index in [2.05, 4.69) is 5.32 Å². The molecule has 0 unspecified atom stereocenters. The maximum atomic E-state index is 12.2. The molecule has 100 valence electrons. The highest BCUT2D eigenvalue weighted by molar-refractivity contribution is 5.99. The number of aryl methyl sites for hydroxylation is 2. The molecule has 1 aromatic carbocycles. The molecule has 1 aromatic heterocycles. The molecule has 19 heavy (non-hydrogen) atoms. The van der Waals surface area contributed by atoms with Crippen molar-refractivity contribution in [2.45, 2.75) is 33.1 Å². The fraction of sp³-hybridized carbons (Fsp3) is 0.438. The number of hydrogen-bond acceptors (Lipinski definition) is 2. The Morgan fingerprint density at radius 2 is 2.16 bits per heavy atom. The Labute approximate surface area is 113 Å². The SMILES string of the molecule is Cc1ccc2c(C)c(C(=O)NCC3CCC3)oc2c1. The van der Waals surface area contributed by atoms with Gasteiger partial charge in [0.25, 0.3) is 5.91 Å². The highest BCUT2D eigenvalue weighted by Crippen LogP contribution is 2.27. The van der Waals surface area contributed by atoms with Crippen LogP contribution in [0.4, 0.5) is 0 Å². The highest BCUT2D eigenvalue weighted by atomic mass is 16.3. The second kappa shape index (κ2) is 4.72. The molecule has 2 aromatic rings. The number of benzene rings is 1. The Balaban J connectivity index is 1.82. The summed E-state index contributed by atoms with van der Waals surface area (Å²) in [6.45, 7) is 4.74. The minimum Gasteiger partial charge on any atom is -0.451 e. The van der Waals surface area contributed by atoms with Crippen LogP contribution in [0.1, 0.15) is 40.9 Å². The lowest BCUT2D eigenvalue weighted by atomic mass is 9.85.